The first kappa shape index (κ1) is 36.4. The van der Waals surface area contributed by atoms with Crippen molar-refractivity contribution in [1.82, 2.24) is 14.9 Å². The van der Waals surface area contributed by atoms with Crippen LogP contribution in [0.2, 0.25) is 10.0 Å². The van der Waals surface area contributed by atoms with Crippen molar-refractivity contribution < 1.29 is 45.8 Å². The summed E-state index contributed by atoms with van der Waals surface area (Å²) in [7, 11) is -4.35. The number of nitrogens with one attached hydrogen (secondary N) is 2. The standard InChI is InChI=1S/C28H34Cl2F2N4O8S/c1-3-42-25(43-4-2)15-36(18-7-8-18)27(38)22(12-16-5-9-20(31)21(32)11-16)35-26(37)23(44-28(33)39)14-34-45(40,41)24-10-6-17(29)13-19(24)30/h5-6,9-11,13,18,22-23,25,34H,3-4,7-8,12,14-15H2,1-2H3,(H2,33,39)(H,35,37). The van der Waals surface area contributed by atoms with E-state index in [0.717, 1.165) is 18.2 Å². The molecule has 1 saturated carbocycles. The zero-order valence-corrected chi connectivity index (χ0v) is 26.8. The van der Waals surface area contributed by atoms with Gasteiger partial charge in [0.15, 0.2) is 24.0 Å². The maximum atomic E-state index is 14.1. The van der Waals surface area contributed by atoms with Crippen molar-refractivity contribution in [2.75, 3.05) is 26.3 Å². The number of benzene rings is 2. The van der Waals surface area contributed by atoms with E-state index in [9.17, 15) is 31.6 Å². The van der Waals surface area contributed by atoms with E-state index in [-0.39, 0.29) is 39.5 Å². The van der Waals surface area contributed by atoms with E-state index < -0.39 is 64.5 Å². The van der Waals surface area contributed by atoms with Crippen LogP contribution in [0.4, 0.5) is 13.6 Å². The van der Waals surface area contributed by atoms with Crippen molar-refractivity contribution in [2.24, 2.45) is 5.73 Å². The van der Waals surface area contributed by atoms with E-state index in [4.69, 9.17) is 43.1 Å². The molecule has 0 heterocycles. The van der Waals surface area contributed by atoms with Gasteiger partial charge in [-0.05, 0) is 62.6 Å². The van der Waals surface area contributed by atoms with Gasteiger partial charge >= 0.3 is 6.09 Å². The molecule has 1 fully saturated rings. The number of nitrogens with zero attached hydrogens (tertiary/aromatic N) is 1. The number of sulfonamides is 1. The summed E-state index contributed by atoms with van der Waals surface area (Å²) in [4.78, 5) is 40.1. The molecule has 2 unspecified atom stereocenters. The lowest BCUT2D eigenvalue weighted by Gasteiger charge is -2.31. The highest BCUT2D eigenvalue weighted by Gasteiger charge is 2.39. The Kier molecular flexibility index (Phi) is 13.3. The maximum Gasteiger partial charge on any atom is 0.405 e. The number of nitrogens with two attached hydrogens (primary N) is 1. The summed E-state index contributed by atoms with van der Waals surface area (Å²) < 4.78 is 71.7. The fourth-order valence-electron chi connectivity index (χ4n) is 4.34. The predicted molar refractivity (Wildman–Crippen MR) is 160 cm³/mol. The van der Waals surface area contributed by atoms with Crippen LogP contribution in [-0.2, 0) is 40.2 Å². The minimum atomic E-state index is -4.35. The molecule has 0 aromatic heterocycles. The lowest BCUT2D eigenvalue weighted by molar-refractivity contribution is -0.161. The monoisotopic (exact) mass is 694 g/mol. The largest absolute Gasteiger partial charge is 0.435 e. The number of halogens is 4. The minimum absolute atomic E-state index is 0.0121. The average molecular weight is 696 g/mol. The number of primary amides is 1. The van der Waals surface area contributed by atoms with Gasteiger partial charge < -0.3 is 30.2 Å². The lowest BCUT2D eigenvalue weighted by Crippen LogP contribution is -2.56. The number of hydrogen-bond donors (Lipinski definition) is 3. The maximum absolute atomic E-state index is 14.1. The molecule has 0 spiro atoms. The molecular weight excluding hydrogens is 661 g/mol. The highest BCUT2D eigenvalue weighted by Crippen LogP contribution is 2.29. The highest BCUT2D eigenvalue weighted by atomic mass is 35.5. The summed E-state index contributed by atoms with van der Waals surface area (Å²) in [5.41, 5.74) is 5.31. The van der Waals surface area contributed by atoms with Gasteiger partial charge in [-0.3, -0.25) is 9.59 Å². The summed E-state index contributed by atoms with van der Waals surface area (Å²) in [6.07, 6.45) is -2.98. The lowest BCUT2D eigenvalue weighted by atomic mass is 10.0. The van der Waals surface area contributed by atoms with Crippen molar-refractivity contribution in [3.8, 4) is 0 Å². The van der Waals surface area contributed by atoms with Crippen LogP contribution in [0.3, 0.4) is 0 Å². The van der Waals surface area contributed by atoms with E-state index in [1.54, 1.807) is 13.8 Å². The van der Waals surface area contributed by atoms with Crippen LogP contribution in [0.25, 0.3) is 0 Å². The second-order valence-electron chi connectivity index (χ2n) is 9.93. The van der Waals surface area contributed by atoms with Crippen molar-refractivity contribution in [1.29, 1.82) is 0 Å². The SMILES string of the molecule is CCOC(CN(C(=O)C(Cc1ccc(F)c(F)c1)NC(=O)C(CNS(=O)(=O)c1ccc(Cl)cc1Cl)OC(N)=O)C1CC1)OCC. The predicted octanol–water partition coefficient (Wildman–Crippen LogP) is 3.13. The van der Waals surface area contributed by atoms with Gasteiger partial charge in [-0.15, -0.1) is 0 Å². The van der Waals surface area contributed by atoms with Gasteiger partial charge in [0, 0.05) is 30.7 Å². The summed E-state index contributed by atoms with van der Waals surface area (Å²) >= 11 is 11.9. The summed E-state index contributed by atoms with van der Waals surface area (Å²) in [6, 6.07) is 5.04. The molecule has 1 aliphatic carbocycles. The van der Waals surface area contributed by atoms with Crippen molar-refractivity contribution in [3.63, 3.8) is 0 Å². The van der Waals surface area contributed by atoms with Crippen LogP contribution in [-0.4, -0.2) is 82.0 Å². The van der Waals surface area contributed by atoms with Crippen molar-refractivity contribution >= 4 is 51.1 Å². The van der Waals surface area contributed by atoms with Gasteiger partial charge in [0.1, 0.15) is 10.9 Å². The quantitative estimate of drug-likeness (QED) is 0.213. The third-order valence-electron chi connectivity index (χ3n) is 6.55. The number of carbonyl (C=O) groups is 3. The molecule has 17 heteroatoms. The summed E-state index contributed by atoms with van der Waals surface area (Å²) in [5.74, 6) is -3.97. The Morgan fingerprint density at radius 1 is 1.04 bits per heavy atom. The fraction of sp³-hybridized carbons (Fsp3) is 0.464. The van der Waals surface area contributed by atoms with E-state index >= 15 is 0 Å². The first-order valence-electron chi connectivity index (χ1n) is 13.9. The molecule has 4 N–H and O–H groups in total. The molecule has 248 valence electrons. The van der Waals surface area contributed by atoms with Crippen LogP contribution < -0.4 is 15.8 Å². The molecule has 2 atom stereocenters. The third kappa shape index (κ3) is 10.8. The van der Waals surface area contributed by atoms with Crippen molar-refractivity contribution in [3.05, 3.63) is 63.6 Å². The molecule has 3 rings (SSSR count). The molecule has 12 nitrogen and oxygen atoms in total. The smallest absolute Gasteiger partial charge is 0.405 e. The molecule has 0 radical (unpaired) electrons. The van der Waals surface area contributed by atoms with Crippen LogP contribution in [0.1, 0.15) is 32.3 Å². The van der Waals surface area contributed by atoms with Crippen LogP contribution in [0.5, 0.6) is 0 Å². The second kappa shape index (κ2) is 16.5. The molecule has 3 amide bonds. The number of carbonyl (C=O) groups excluding carboxylic acids is 3. The molecule has 2 aromatic carbocycles. The first-order chi connectivity index (χ1) is 21.2. The van der Waals surface area contributed by atoms with Gasteiger partial charge in [0.2, 0.25) is 15.9 Å². The molecule has 0 saturated heterocycles. The highest BCUT2D eigenvalue weighted by molar-refractivity contribution is 7.89. The van der Waals surface area contributed by atoms with Crippen LogP contribution >= 0.6 is 23.2 Å². The zero-order chi connectivity index (χ0) is 33.3. The molecular formula is C28H34Cl2F2N4O8S. The Hall–Kier alpha value is -3.08. The Balaban J connectivity index is 1.88. The van der Waals surface area contributed by atoms with Gasteiger partial charge in [0.25, 0.3) is 5.91 Å². The molecule has 2 aromatic rings. The van der Waals surface area contributed by atoms with Crippen LogP contribution in [0, 0.1) is 11.6 Å². The zero-order valence-electron chi connectivity index (χ0n) is 24.4. The van der Waals surface area contributed by atoms with E-state index in [1.807, 2.05) is 0 Å². The van der Waals surface area contributed by atoms with Gasteiger partial charge in [0.05, 0.1) is 18.1 Å². The fourth-order valence-corrected chi connectivity index (χ4v) is 6.15. The van der Waals surface area contributed by atoms with E-state index in [0.29, 0.717) is 26.1 Å². The number of ether oxygens (including phenoxy) is 3. The first-order valence-corrected chi connectivity index (χ1v) is 16.2. The topological polar surface area (TPSA) is 166 Å². The number of hydrogen-bond acceptors (Lipinski definition) is 8. The Labute approximate surface area is 269 Å². The van der Waals surface area contributed by atoms with Crippen molar-refractivity contribution in [2.45, 2.75) is 62.5 Å². The van der Waals surface area contributed by atoms with E-state index in [1.165, 1.54) is 23.1 Å². The molecule has 1 aliphatic rings. The van der Waals surface area contributed by atoms with Gasteiger partial charge in [-0.1, -0.05) is 29.3 Å². The minimum Gasteiger partial charge on any atom is -0.435 e. The number of rotatable bonds is 17. The number of amides is 3. The Bertz CT molecular complexity index is 1480. The molecule has 0 bridgehead atoms. The van der Waals surface area contributed by atoms with Gasteiger partial charge in [-0.2, -0.15) is 0 Å². The van der Waals surface area contributed by atoms with Crippen LogP contribution in [0.15, 0.2) is 41.3 Å². The Morgan fingerprint density at radius 2 is 1.71 bits per heavy atom. The van der Waals surface area contributed by atoms with Gasteiger partial charge in [-0.25, -0.2) is 26.7 Å². The molecule has 45 heavy (non-hydrogen) atoms. The second-order valence-corrected chi connectivity index (χ2v) is 12.5. The summed E-state index contributed by atoms with van der Waals surface area (Å²) in [6.45, 7) is 3.33. The van der Waals surface area contributed by atoms with E-state index in [2.05, 4.69) is 10.0 Å². The molecule has 0 aliphatic heterocycles. The Morgan fingerprint density at radius 3 is 2.27 bits per heavy atom. The normalized spacial score (nSPS) is 14.6. The summed E-state index contributed by atoms with van der Waals surface area (Å²) in [5, 5.41) is 2.43. The average Bonchev–Trinajstić information content (AvgIpc) is 3.80. The third-order valence-corrected chi connectivity index (χ3v) is 8.69.